The van der Waals surface area contributed by atoms with Crippen LogP contribution in [0.2, 0.25) is 0 Å². The zero-order valence-electron chi connectivity index (χ0n) is 37.3. The van der Waals surface area contributed by atoms with Crippen LogP contribution < -0.4 is 4.90 Å². The monoisotopic (exact) mass is 792 g/mol. The van der Waals surface area contributed by atoms with Crippen LogP contribution in [0.5, 0.6) is 0 Å². The van der Waals surface area contributed by atoms with Crippen LogP contribution in [-0.4, -0.2) is 4.57 Å². The van der Waals surface area contributed by atoms with Crippen LogP contribution in [0.4, 0.5) is 17.1 Å². The third-order valence-corrected chi connectivity index (χ3v) is 13.5. The molecule has 0 saturated carbocycles. The largest absolute Gasteiger partial charge is 0.456 e. The van der Waals surface area contributed by atoms with Crippen molar-refractivity contribution >= 4 is 71.6 Å². The van der Waals surface area contributed by atoms with E-state index in [-0.39, 0.29) is 24.2 Å². The minimum Gasteiger partial charge on any atom is -0.456 e. The van der Waals surface area contributed by atoms with E-state index in [0.717, 1.165) is 111 Å². The average molecular weight is 793 g/mol. The predicted octanol–water partition coefficient (Wildman–Crippen LogP) is 15.6. The number of hydrogen-bond donors (Lipinski definition) is 0. The lowest BCUT2D eigenvalue weighted by Crippen LogP contribution is -2.32. The number of rotatable bonds is 4. The molecule has 0 fully saturated rings. The first kappa shape index (κ1) is 30.0. The molecule has 3 nitrogen and oxygen atoms in total. The van der Waals surface area contributed by atoms with Gasteiger partial charge in [0, 0.05) is 33.2 Å². The zero-order chi connectivity index (χ0) is 44.0. The van der Waals surface area contributed by atoms with Crippen LogP contribution in [0.3, 0.4) is 0 Å². The molecule has 12 aromatic rings. The van der Waals surface area contributed by atoms with E-state index in [1.54, 1.807) is 0 Å². The molecule has 0 radical (unpaired) electrons. The lowest BCUT2D eigenvalue weighted by molar-refractivity contribution is 0.669. The summed E-state index contributed by atoms with van der Waals surface area (Å²) in [5.74, 6) is 0. The number of furan rings is 1. The van der Waals surface area contributed by atoms with Crippen molar-refractivity contribution in [3.63, 3.8) is 0 Å². The maximum atomic E-state index is 9.82. The van der Waals surface area contributed by atoms with Crippen molar-refractivity contribution in [2.24, 2.45) is 0 Å². The summed E-state index contributed by atoms with van der Waals surface area (Å²) in [6, 6.07) is 67.4. The van der Waals surface area contributed by atoms with Crippen molar-refractivity contribution in [1.29, 1.82) is 0 Å². The number of anilines is 3. The van der Waals surface area contributed by atoms with Crippen molar-refractivity contribution in [3.05, 3.63) is 241 Å². The molecule has 14 rings (SSSR count). The molecule has 288 valence electrons. The van der Waals surface area contributed by atoms with Gasteiger partial charge in [-0.3, -0.25) is 0 Å². The lowest BCUT2D eigenvalue weighted by Gasteiger charge is -2.40. The second-order valence-electron chi connectivity index (χ2n) is 16.5. The third kappa shape index (κ3) is 4.34. The molecule has 2 aliphatic rings. The first-order chi connectivity index (χ1) is 32.4. The Morgan fingerprint density at radius 1 is 0.435 bits per heavy atom. The van der Waals surface area contributed by atoms with Gasteiger partial charge in [-0.25, -0.2) is 0 Å². The Bertz CT molecular complexity index is 4070. The van der Waals surface area contributed by atoms with Gasteiger partial charge in [-0.1, -0.05) is 152 Å². The maximum Gasteiger partial charge on any atom is 0.137 e. The highest BCUT2D eigenvalue weighted by molar-refractivity contribution is 6.15. The molecule has 0 bridgehead atoms. The third-order valence-electron chi connectivity index (χ3n) is 13.5. The second kappa shape index (κ2) is 12.4. The van der Waals surface area contributed by atoms with Gasteiger partial charge >= 0.3 is 0 Å². The number of hydrogen-bond acceptors (Lipinski definition) is 2. The molecule has 0 amide bonds. The second-order valence-corrected chi connectivity index (χ2v) is 16.5. The molecule has 2 aromatic heterocycles. The van der Waals surface area contributed by atoms with Gasteiger partial charge in [0.15, 0.2) is 0 Å². The Hall–Kier alpha value is -8.14. The Labute approximate surface area is 363 Å². The highest BCUT2D eigenvalue weighted by atomic mass is 16.3. The van der Waals surface area contributed by atoms with Crippen LogP contribution in [0.15, 0.2) is 223 Å². The van der Waals surface area contributed by atoms with Crippen molar-refractivity contribution in [2.75, 3.05) is 4.90 Å². The van der Waals surface area contributed by atoms with E-state index in [1.165, 1.54) is 0 Å². The van der Waals surface area contributed by atoms with Gasteiger partial charge in [-0.15, -0.1) is 0 Å². The van der Waals surface area contributed by atoms with E-state index in [2.05, 4.69) is 179 Å². The number of para-hydroxylation sites is 3. The fourth-order valence-corrected chi connectivity index (χ4v) is 11.1. The van der Waals surface area contributed by atoms with Gasteiger partial charge < -0.3 is 13.9 Å². The standard InChI is InChI=1S/C59H36N2O/c1-2-17-38(18-3-1)61-52-27-10-6-21-44(52)47-35-39(32-34-53(47)61)60(54-28-14-30-56-58(54)46-22-7-11-29-55(46)62-56)40-31-33-43-41-19-4-8-24-48(41)59(51(43)36-40)49-25-9-5-20-42(49)45-23-12-15-37-16-13-26-50(59)57(37)45/h1-36H/i4D,8D,19D,24D. The van der Waals surface area contributed by atoms with Gasteiger partial charge in [-0.05, 0) is 122 Å². The van der Waals surface area contributed by atoms with E-state index in [0.29, 0.717) is 11.1 Å². The number of benzene rings is 10. The minimum absolute atomic E-state index is 0.0262. The highest BCUT2D eigenvalue weighted by Crippen LogP contribution is 2.62. The van der Waals surface area contributed by atoms with Gasteiger partial charge in [0.05, 0.1) is 33.0 Å². The van der Waals surface area contributed by atoms with Gasteiger partial charge in [0.2, 0.25) is 0 Å². The van der Waals surface area contributed by atoms with Crippen molar-refractivity contribution in [2.45, 2.75) is 5.41 Å². The summed E-state index contributed by atoms with van der Waals surface area (Å²) in [5.41, 5.74) is 13.5. The topological polar surface area (TPSA) is 21.3 Å². The summed E-state index contributed by atoms with van der Waals surface area (Å²) in [4.78, 5) is 2.33. The quantitative estimate of drug-likeness (QED) is 0.177. The smallest absolute Gasteiger partial charge is 0.137 e. The van der Waals surface area contributed by atoms with Crippen LogP contribution >= 0.6 is 0 Å². The molecule has 2 heterocycles. The molecule has 1 spiro atoms. The molecular formula is C59H36N2O. The minimum atomic E-state index is -1.09. The fraction of sp³-hybridized carbons (Fsp3) is 0.0169. The first-order valence-corrected chi connectivity index (χ1v) is 21.1. The molecule has 0 N–H and O–H groups in total. The fourth-order valence-electron chi connectivity index (χ4n) is 11.1. The highest BCUT2D eigenvalue weighted by Gasteiger charge is 2.50. The normalized spacial score (nSPS) is 15.7. The summed E-state index contributed by atoms with van der Waals surface area (Å²) in [7, 11) is 0. The molecular weight excluding hydrogens is 753 g/mol. The molecule has 2 aliphatic carbocycles. The Kier molecular flexibility index (Phi) is 6.02. The summed E-state index contributed by atoms with van der Waals surface area (Å²) in [5, 5.41) is 6.41. The molecule has 0 aliphatic heterocycles. The number of nitrogens with zero attached hydrogens (tertiary/aromatic N) is 2. The summed E-state index contributed by atoms with van der Waals surface area (Å²) in [6.07, 6.45) is 0. The van der Waals surface area contributed by atoms with Crippen molar-refractivity contribution in [1.82, 2.24) is 4.57 Å². The van der Waals surface area contributed by atoms with Crippen LogP contribution in [-0.2, 0) is 5.41 Å². The predicted molar refractivity (Wildman–Crippen MR) is 257 cm³/mol. The zero-order valence-corrected chi connectivity index (χ0v) is 33.3. The first-order valence-electron chi connectivity index (χ1n) is 23.1. The van der Waals surface area contributed by atoms with E-state index in [4.69, 9.17) is 7.16 Å². The summed E-state index contributed by atoms with van der Waals surface area (Å²) < 4.78 is 46.4. The molecule has 3 heteroatoms. The Morgan fingerprint density at radius 2 is 1.11 bits per heavy atom. The van der Waals surface area contributed by atoms with E-state index < -0.39 is 5.41 Å². The van der Waals surface area contributed by atoms with Crippen molar-refractivity contribution in [3.8, 4) is 27.9 Å². The van der Waals surface area contributed by atoms with Crippen LogP contribution in [0, 0.1) is 0 Å². The Morgan fingerprint density at radius 3 is 2.05 bits per heavy atom. The number of aromatic nitrogens is 1. The summed E-state index contributed by atoms with van der Waals surface area (Å²) >= 11 is 0. The van der Waals surface area contributed by atoms with Crippen molar-refractivity contribution < 1.29 is 9.90 Å². The van der Waals surface area contributed by atoms with Crippen LogP contribution in [0.25, 0.3) is 82.5 Å². The number of fused-ring (bicyclic) bond motifs is 15. The van der Waals surface area contributed by atoms with Gasteiger partial charge in [0.1, 0.15) is 11.2 Å². The molecule has 0 saturated heterocycles. The molecule has 10 aromatic carbocycles. The lowest BCUT2D eigenvalue weighted by atomic mass is 9.61. The Balaban J connectivity index is 1.12. The summed E-state index contributed by atoms with van der Waals surface area (Å²) in [6.45, 7) is 0. The molecule has 62 heavy (non-hydrogen) atoms. The SMILES string of the molecule is [2H]c1c([2H])c([2H])c2c(c1[2H])-c1ccc(N(c3ccc4c(c3)c3ccccc3n4-c3ccccc3)c3cccc4oc5ccccc5c34)cc1C21c2ccccc2-c2cccc3cccc1c23. The molecule has 1 unspecified atom stereocenters. The van der Waals surface area contributed by atoms with Gasteiger partial charge in [0.25, 0.3) is 0 Å². The van der Waals surface area contributed by atoms with E-state index >= 15 is 0 Å². The maximum absolute atomic E-state index is 9.82. The van der Waals surface area contributed by atoms with E-state index in [9.17, 15) is 2.74 Å². The average Bonchev–Trinajstić information content (AvgIpc) is 4.01. The van der Waals surface area contributed by atoms with Crippen LogP contribution in [0.1, 0.15) is 27.7 Å². The van der Waals surface area contributed by atoms with Gasteiger partial charge in [-0.2, -0.15) is 0 Å². The van der Waals surface area contributed by atoms with E-state index in [1.807, 2.05) is 24.3 Å². The molecule has 1 atom stereocenters.